The maximum absolute atomic E-state index is 11.4. The lowest BCUT2D eigenvalue weighted by molar-refractivity contribution is -0.145. The second-order valence-corrected chi connectivity index (χ2v) is 8.82. The van der Waals surface area contributed by atoms with Crippen molar-refractivity contribution in [1.29, 1.82) is 0 Å². The molecule has 0 amide bonds. The molecule has 0 atom stereocenters. The quantitative estimate of drug-likeness (QED) is 0.233. The van der Waals surface area contributed by atoms with Crippen molar-refractivity contribution in [1.82, 2.24) is 0 Å². The van der Waals surface area contributed by atoms with Crippen molar-refractivity contribution in [2.75, 3.05) is 19.0 Å². The second kappa shape index (κ2) is 10.9. The van der Waals surface area contributed by atoms with E-state index in [9.17, 15) is 4.79 Å². The van der Waals surface area contributed by atoms with Gasteiger partial charge in [-0.25, -0.2) is 4.79 Å². The van der Waals surface area contributed by atoms with Crippen molar-refractivity contribution >= 4 is 43.9 Å². The van der Waals surface area contributed by atoms with Crippen molar-refractivity contribution in [2.45, 2.75) is 39.5 Å². The van der Waals surface area contributed by atoms with Crippen molar-refractivity contribution < 1.29 is 14.3 Å². The Kier molecular flexibility index (Phi) is 8.89. The van der Waals surface area contributed by atoms with Crippen LogP contribution in [0.3, 0.4) is 0 Å². The van der Waals surface area contributed by atoms with Crippen LogP contribution >= 0.6 is 34.4 Å². The van der Waals surface area contributed by atoms with Crippen molar-refractivity contribution in [2.24, 2.45) is 0 Å². The molecule has 2 rings (SSSR count). The van der Waals surface area contributed by atoms with E-state index in [1.807, 2.05) is 19.1 Å². The first-order chi connectivity index (χ1) is 13.3. The molecule has 0 aliphatic rings. The van der Waals surface area contributed by atoms with Crippen LogP contribution in [-0.2, 0) is 9.53 Å². The predicted octanol–water partition coefficient (Wildman–Crippen LogP) is 6.43. The van der Waals surface area contributed by atoms with Gasteiger partial charge in [0.05, 0.1) is 6.61 Å². The molecule has 0 aliphatic carbocycles. The van der Waals surface area contributed by atoms with Gasteiger partial charge in [-0.15, -0.1) is 11.8 Å². The van der Waals surface area contributed by atoms with E-state index in [0.717, 1.165) is 11.3 Å². The number of hydrogen-bond donors (Lipinski definition) is 0. The van der Waals surface area contributed by atoms with Crippen LogP contribution in [0.4, 0.5) is 0 Å². The number of ether oxygens (including phenoxy) is 2. The molecule has 0 spiro atoms. The number of rotatable bonds is 8. The summed E-state index contributed by atoms with van der Waals surface area (Å²) in [7, 11) is 0. The summed E-state index contributed by atoms with van der Waals surface area (Å²) in [4.78, 5) is 12.6. The van der Waals surface area contributed by atoms with Gasteiger partial charge in [-0.05, 0) is 103 Å². The number of esters is 1. The molecule has 0 aliphatic heterocycles. The molecule has 2 aromatic rings. The smallest absolute Gasteiger partial charge is 0.344 e. The highest BCUT2D eigenvalue weighted by Crippen LogP contribution is 2.30. The predicted molar refractivity (Wildman–Crippen MR) is 127 cm³/mol. The van der Waals surface area contributed by atoms with E-state index in [4.69, 9.17) is 9.47 Å². The molecule has 28 heavy (non-hydrogen) atoms. The van der Waals surface area contributed by atoms with E-state index in [1.165, 1.54) is 30.7 Å². The van der Waals surface area contributed by atoms with Crippen LogP contribution in [0.1, 0.15) is 34.7 Å². The minimum Gasteiger partial charge on any atom is -0.482 e. The fourth-order valence-electron chi connectivity index (χ4n) is 2.75. The number of benzene rings is 2. The molecule has 150 valence electrons. The van der Waals surface area contributed by atoms with Gasteiger partial charge in [-0.3, -0.25) is 0 Å². The molecular formula is C23H27IO3S. The van der Waals surface area contributed by atoms with Crippen molar-refractivity contribution in [3.8, 4) is 5.75 Å². The largest absolute Gasteiger partial charge is 0.482 e. The third-order valence-corrected chi connectivity index (χ3v) is 6.57. The Labute approximate surface area is 186 Å². The molecule has 0 aromatic heterocycles. The van der Waals surface area contributed by atoms with Gasteiger partial charge in [-0.1, -0.05) is 18.2 Å². The highest BCUT2D eigenvalue weighted by Gasteiger charge is 2.08. The summed E-state index contributed by atoms with van der Waals surface area (Å²) in [5.41, 5.74) is 6.37. The summed E-state index contributed by atoms with van der Waals surface area (Å²) < 4.78 is 11.7. The molecule has 3 nitrogen and oxygen atoms in total. The molecule has 0 unspecified atom stereocenters. The van der Waals surface area contributed by atoms with Crippen LogP contribution < -0.4 is 4.74 Å². The van der Waals surface area contributed by atoms with E-state index >= 15 is 0 Å². The van der Waals surface area contributed by atoms with Gasteiger partial charge >= 0.3 is 5.97 Å². The van der Waals surface area contributed by atoms with Crippen LogP contribution in [-0.4, -0.2) is 24.9 Å². The molecule has 0 saturated carbocycles. The van der Waals surface area contributed by atoms with Crippen LogP contribution in [0.2, 0.25) is 0 Å². The fourth-order valence-corrected chi connectivity index (χ4v) is 4.72. The molecule has 0 radical (unpaired) electrons. The number of halogens is 1. The summed E-state index contributed by atoms with van der Waals surface area (Å²) in [6.07, 6.45) is 2.27. The monoisotopic (exact) mass is 510 g/mol. The SMILES string of the molecule is CCOC(=O)COc1ccc(SCC=C(I)c2ccc(C)c(C)c2C)cc1C. The average Bonchev–Trinajstić information content (AvgIpc) is 2.65. The zero-order chi connectivity index (χ0) is 20.7. The van der Waals surface area contributed by atoms with Gasteiger partial charge in [0.25, 0.3) is 0 Å². The lowest BCUT2D eigenvalue weighted by atomic mass is 9.99. The van der Waals surface area contributed by atoms with Crippen LogP contribution in [0.25, 0.3) is 3.58 Å². The van der Waals surface area contributed by atoms with Crippen LogP contribution in [0.15, 0.2) is 41.3 Å². The summed E-state index contributed by atoms with van der Waals surface area (Å²) in [5, 5.41) is 0. The summed E-state index contributed by atoms with van der Waals surface area (Å²) >= 11 is 4.21. The van der Waals surface area contributed by atoms with E-state index in [0.29, 0.717) is 12.4 Å². The number of aryl methyl sites for hydroxylation is 2. The first-order valence-electron chi connectivity index (χ1n) is 9.28. The van der Waals surface area contributed by atoms with Gasteiger partial charge in [-0.2, -0.15) is 0 Å². The molecule has 0 heterocycles. The lowest BCUT2D eigenvalue weighted by Gasteiger charge is -2.11. The normalized spacial score (nSPS) is 11.4. The maximum Gasteiger partial charge on any atom is 0.344 e. The average molecular weight is 510 g/mol. The number of thioether (sulfide) groups is 1. The summed E-state index contributed by atoms with van der Waals surface area (Å²) in [6.45, 7) is 10.6. The highest BCUT2D eigenvalue weighted by molar-refractivity contribution is 14.1. The van der Waals surface area contributed by atoms with Crippen molar-refractivity contribution in [3.63, 3.8) is 0 Å². The Hall–Kier alpha value is -1.47. The first kappa shape index (κ1) is 22.8. The Balaban J connectivity index is 1.97. The Morgan fingerprint density at radius 3 is 2.50 bits per heavy atom. The zero-order valence-electron chi connectivity index (χ0n) is 17.1. The number of carbonyl (C=O) groups is 1. The second-order valence-electron chi connectivity index (χ2n) is 6.56. The Morgan fingerprint density at radius 2 is 1.82 bits per heavy atom. The maximum atomic E-state index is 11.4. The van der Waals surface area contributed by atoms with Crippen molar-refractivity contribution in [3.05, 3.63) is 64.2 Å². The minimum atomic E-state index is -0.346. The lowest BCUT2D eigenvalue weighted by Crippen LogP contribution is -2.14. The van der Waals surface area contributed by atoms with Gasteiger partial charge in [0.2, 0.25) is 0 Å². The molecule has 2 aromatic carbocycles. The van der Waals surface area contributed by atoms with E-state index in [2.05, 4.69) is 67.6 Å². The fraction of sp³-hybridized carbons (Fsp3) is 0.348. The van der Waals surface area contributed by atoms with E-state index in [1.54, 1.807) is 18.7 Å². The molecule has 0 N–H and O–H groups in total. The standard InChI is InChI=1S/C23H27IO3S/c1-6-26-23(25)14-27-22-10-8-19(13-16(22)3)28-12-11-21(24)20-9-7-15(2)17(4)18(20)5/h7-11,13H,6,12,14H2,1-5H3. The van der Waals surface area contributed by atoms with Gasteiger partial charge in [0.1, 0.15) is 5.75 Å². The van der Waals surface area contributed by atoms with Crippen LogP contribution in [0, 0.1) is 27.7 Å². The third-order valence-electron chi connectivity index (χ3n) is 4.63. The van der Waals surface area contributed by atoms with Gasteiger partial charge in [0.15, 0.2) is 6.61 Å². The minimum absolute atomic E-state index is 0.0581. The van der Waals surface area contributed by atoms with E-state index < -0.39 is 0 Å². The third kappa shape index (κ3) is 6.27. The summed E-state index contributed by atoms with van der Waals surface area (Å²) in [5.74, 6) is 1.27. The van der Waals surface area contributed by atoms with Gasteiger partial charge in [0, 0.05) is 14.2 Å². The van der Waals surface area contributed by atoms with Gasteiger partial charge < -0.3 is 9.47 Å². The molecule has 0 bridgehead atoms. The Bertz CT molecular complexity index is 874. The first-order valence-corrected chi connectivity index (χ1v) is 11.3. The molecule has 0 saturated heterocycles. The topological polar surface area (TPSA) is 35.5 Å². The highest BCUT2D eigenvalue weighted by atomic mass is 127. The molecular weight excluding hydrogens is 483 g/mol. The molecule has 5 heteroatoms. The number of hydrogen-bond acceptors (Lipinski definition) is 4. The van der Waals surface area contributed by atoms with E-state index in [-0.39, 0.29) is 12.6 Å². The number of carbonyl (C=O) groups excluding carboxylic acids is 1. The summed E-state index contributed by atoms with van der Waals surface area (Å²) in [6, 6.07) is 10.4. The zero-order valence-corrected chi connectivity index (χ0v) is 20.1. The molecule has 0 fully saturated rings. The Morgan fingerprint density at radius 1 is 1.07 bits per heavy atom. The van der Waals surface area contributed by atoms with Crippen LogP contribution in [0.5, 0.6) is 5.75 Å².